The standard InChI is InChI=1S/C15H11ClN2O2S/c1-20-15(19)14-13(18-10-3-2-6-17-8-10)11-7-9(16)4-5-12(11)21-14/h2-8,18H,1H3. The molecule has 1 aromatic carbocycles. The predicted octanol–water partition coefficient (Wildman–Crippen LogP) is 4.48. The summed E-state index contributed by atoms with van der Waals surface area (Å²) in [5.74, 6) is -0.376. The minimum absolute atomic E-state index is 0.376. The van der Waals surface area contributed by atoms with Crippen molar-refractivity contribution in [1.82, 2.24) is 4.98 Å². The molecule has 4 nitrogen and oxygen atoms in total. The van der Waals surface area contributed by atoms with Gasteiger partial charge in [-0.25, -0.2) is 4.79 Å². The average Bonchev–Trinajstić information content (AvgIpc) is 2.86. The van der Waals surface area contributed by atoms with Crippen molar-refractivity contribution in [2.24, 2.45) is 0 Å². The first-order valence-corrected chi connectivity index (χ1v) is 7.36. The third-order valence-electron chi connectivity index (χ3n) is 2.95. The number of pyridine rings is 1. The van der Waals surface area contributed by atoms with E-state index < -0.39 is 0 Å². The molecule has 0 saturated carbocycles. The highest BCUT2D eigenvalue weighted by Crippen LogP contribution is 2.39. The van der Waals surface area contributed by atoms with E-state index in [0.29, 0.717) is 15.6 Å². The number of thiophene rings is 1. The molecule has 3 rings (SSSR count). The minimum Gasteiger partial charge on any atom is -0.465 e. The van der Waals surface area contributed by atoms with Crippen LogP contribution in [0, 0.1) is 0 Å². The van der Waals surface area contributed by atoms with Gasteiger partial charge in [0.25, 0.3) is 0 Å². The highest BCUT2D eigenvalue weighted by atomic mass is 35.5. The van der Waals surface area contributed by atoms with E-state index in [1.165, 1.54) is 18.4 Å². The van der Waals surface area contributed by atoms with E-state index in [1.807, 2.05) is 24.3 Å². The molecule has 3 aromatic rings. The van der Waals surface area contributed by atoms with Crippen LogP contribution in [0.1, 0.15) is 9.67 Å². The van der Waals surface area contributed by atoms with Gasteiger partial charge in [0.2, 0.25) is 0 Å². The van der Waals surface area contributed by atoms with Crippen LogP contribution in [0.3, 0.4) is 0 Å². The first-order valence-electron chi connectivity index (χ1n) is 6.16. The van der Waals surface area contributed by atoms with Gasteiger partial charge in [0.05, 0.1) is 24.7 Å². The van der Waals surface area contributed by atoms with Crippen molar-refractivity contribution in [1.29, 1.82) is 0 Å². The predicted molar refractivity (Wildman–Crippen MR) is 85.7 cm³/mol. The molecule has 106 valence electrons. The van der Waals surface area contributed by atoms with Crippen LogP contribution in [0.25, 0.3) is 10.1 Å². The molecular weight excluding hydrogens is 308 g/mol. The monoisotopic (exact) mass is 318 g/mol. The van der Waals surface area contributed by atoms with Crippen molar-refractivity contribution in [2.75, 3.05) is 12.4 Å². The highest BCUT2D eigenvalue weighted by Gasteiger charge is 2.19. The second-order valence-corrected chi connectivity index (χ2v) is 5.79. The number of carbonyl (C=O) groups is 1. The van der Waals surface area contributed by atoms with Gasteiger partial charge in [-0.3, -0.25) is 4.98 Å². The van der Waals surface area contributed by atoms with E-state index in [0.717, 1.165) is 15.8 Å². The zero-order chi connectivity index (χ0) is 14.8. The van der Waals surface area contributed by atoms with E-state index in [4.69, 9.17) is 16.3 Å². The molecule has 0 aliphatic rings. The van der Waals surface area contributed by atoms with Crippen molar-refractivity contribution < 1.29 is 9.53 Å². The Morgan fingerprint density at radius 1 is 1.38 bits per heavy atom. The fourth-order valence-corrected chi connectivity index (χ4v) is 3.24. The maximum atomic E-state index is 12.0. The highest BCUT2D eigenvalue weighted by molar-refractivity contribution is 7.21. The van der Waals surface area contributed by atoms with Crippen LogP contribution in [0.5, 0.6) is 0 Å². The van der Waals surface area contributed by atoms with Crippen LogP contribution in [-0.4, -0.2) is 18.1 Å². The van der Waals surface area contributed by atoms with Gasteiger partial charge in [0.15, 0.2) is 0 Å². The zero-order valence-electron chi connectivity index (χ0n) is 11.1. The summed E-state index contributed by atoms with van der Waals surface area (Å²) in [5, 5.41) is 4.73. The summed E-state index contributed by atoms with van der Waals surface area (Å²) < 4.78 is 5.82. The van der Waals surface area contributed by atoms with Gasteiger partial charge < -0.3 is 10.1 Å². The minimum atomic E-state index is -0.376. The third-order valence-corrected chi connectivity index (χ3v) is 4.34. The number of ether oxygens (including phenoxy) is 1. The summed E-state index contributed by atoms with van der Waals surface area (Å²) in [6.07, 6.45) is 3.38. The number of hydrogen-bond acceptors (Lipinski definition) is 5. The second kappa shape index (κ2) is 5.71. The van der Waals surface area contributed by atoms with Gasteiger partial charge >= 0.3 is 5.97 Å². The zero-order valence-corrected chi connectivity index (χ0v) is 12.7. The molecule has 0 spiro atoms. The number of aromatic nitrogens is 1. The average molecular weight is 319 g/mol. The quantitative estimate of drug-likeness (QED) is 0.723. The number of esters is 1. The molecule has 1 N–H and O–H groups in total. The molecule has 2 aromatic heterocycles. The number of methoxy groups -OCH3 is 1. The molecule has 0 atom stereocenters. The van der Waals surface area contributed by atoms with Gasteiger partial charge in [-0.2, -0.15) is 0 Å². The largest absolute Gasteiger partial charge is 0.465 e. The Bertz CT molecular complexity index is 802. The number of fused-ring (bicyclic) bond motifs is 1. The molecule has 0 radical (unpaired) electrons. The molecule has 0 unspecified atom stereocenters. The van der Waals surface area contributed by atoms with E-state index in [-0.39, 0.29) is 5.97 Å². The Balaban J connectivity index is 2.17. The fourth-order valence-electron chi connectivity index (χ4n) is 2.01. The fraction of sp³-hybridized carbons (Fsp3) is 0.0667. The summed E-state index contributed by atoms with van der Waals surface area (Å²) in [6.45, 7) is 0. The lowest BCUT2D eigenvalue weighted by molar-refractivity contribution is 0.0607. The number of nitrogens with one attached hydrogen (secondary N) is 1. The first kappa shape index (κ1) is 13.9. The third kappa shape index (κ3) is 2.70. The Labute approximate surface area is 130 Å². The molecule has 0 bridgehead atoms. The summed E-state index contributed by atoms with van der Waals surface area (Å²) in [4.78, 5) is 16.5. The number of halogens is 1. The number of anilines is 2. The van der Waals surface area contributed by atoms with Gasteiger partial charge in [-0.05, 0) is 30.3 Å². The molecule has 0 aliphatic heterocycles. The smallest absolute Gasteiger partial charge is 0.350 e. The Morgan fingerprint density at radius 2 is 2.24 bits per heavy atom. The number of benzene rings is 1. The van der Waals surface area contributed by atoms with Gasteiger partial charge in [0.1, 0.15) is 4.88 Å². The Kier molecular flexibility index (Phi) is 3.77. The lowest BCUT2D eigenvalue weighted by Gasteiger charge is -2.07. The van der Waals surface area contributed by atoms with Crippen molar-refractivity contribution >= 4 is 50.4 Å². The summed E-state index contributed by atoms with van der Waals surface area (Å²) in [7, 11) is 1.37. The van der Waals surface area contributed by atoms with Gasteiger partial charge in [-0.15, -0.1) is 11.3 Å². The van der Waals surface area contributed by atoms with Gasteiger partial charge in [0, 0.05) is 21.3 Å². The first-order chi connectivity index (χ1) is 10.2. The molecule has 21 heavy (non-hydrogen) atoms. The number of rotatable bonds is 3. The van der Waals surface area contributed by atoms with E-state index in [1.54, 1.807) is 18.5 Å². The summed E-state index contributed by atoms with van der Waals surface area (Å²) in [6, 6.07) is 9.22. The topological polar surface area (TPSA) is 51.2 Å². The molecule has 0 fully saturated rings. The lowest BCUT2D eigenvalue weighted by atomic mass is 10.2. The van der Waals surface area contributed by atoms with Crippen LogP contribution >= 0.6 is 22.9 Å². The van der Waals surface area contributed by atoms with Crippen molar-refractivity contribution in [3.8, 4) is 0 Å². The van der Waals surface area contributed by atoms with E-state index in [2.05, 4.69) is 10.3 Å². The van der Waals surface area contributed by atoms with Crippen molar-refractivity contribution in [2.45, 2.75) is 0 Å². The van der Waals surface area contributed by atoms with E-state index >= 15 is 0 Å². The number of carbonyl (C=O) groups excluding carboxylic acids is 1. The van der Waals surface area contributed by atoms with Gasteiger partial charge in [-0.1, -0.05) is 11.6 Å². The molecule has 0 saturated heterocycles. The van der Waals surface area contributed by atoms with Crippen LogP contribution in [0.2, 0.25) is 5.02 Å². The Hall–Kier alpha value is -2.11. The van der Waals surface area contributed by atoms with Crippen LogP contribution in [0.15, 0.2) is 42.7 Å². The molecule has 0 amide bonds. The normalized spacial score (nSPS) is 10.6. The van der Waals surface area contributed by atoms with Crippen LogP contribution in [-0.2, 0) is 4.74 Å². The second-order valence-electron chi connectivity index (χ2n) is 4.30. The maximum Gasteiger partial charge on any atom is 0.350 e. The maximum absolute atomic E-state index is 12.0. The number of hydrogen-bond donors (Lipinski definition) is 1. The summed E-state index contributed by atoms with van der Waals surface area (Å²) in [5.41, 5.74) is 1.49. The number of nitrogens with zero attached hydrogens (tertiary/aromatic N) is 1. The van der Waals surface area contributed by atoms with Crippen molar-refractivity contribution in [3.05, 3.63) is 52.6 Å². The van der Waals surface area contributed by atoms with Crippen LogP contribution < -0.4 is 5.32 Å². The lowest BCUT2D eigenvalue weighted by Crippen LogP contribution is -2.02. The summed E-state index contributed by atoms with van der Waals surface area (Å²) >= 11 is 7.43. The molecule has 0 aliphatic carbocycles. The molecule has 6 heteroatoms. The van der Waals surface area contributed by atoms with Crippen LogP contribution in [0.4, 0.5) is 11.4 Å². The van der Waals surface area contributed by atoms with E-state index in [9.17, 15) is 4.79 Å². The molecular formula is C15H11ClN2O2S. The SMILES string of the molecule is COC(=O)c1sc2ccc(Cl)cc2c1Nc1cccnc1. The Morgan fingerprint density at radius 3 is 2.95 bits per heavy atom. The molecule has 2 heterocycles. The van der Waals surface area contributed by atoms with Crippen molar-refractivity contribution in [3.63, 3.8) is 0 Å².